The smallest absolute Gasteiger partial charge is 0.339 e. The van der Waals surface area contributed by atoms with Crippen LogP contribution in [0.1, 0.15) is 47.8 Å². The summed E-state index contributed by atoms with van der Waals surface area (Å²) < 4.78 is 0. The van der Waals surface area contributed by atoms with Gasteiger partial charge in [0.15, 0.2) is 0 Å². The molecule has 4 nitrogen and oxygen atoms in total. The van der Waals surface area contributed by atoms with E-state index in [-0.39, 0.29) is 0 Å². The van der Waals surface area contributed by atoms with E-state index in [1.54, 1.807) is 6.07 Å². The molecule has 0 bridgehead atoms. The minimum atomic E-state index is -0.908. The number of fused-ring (bicyclic) bond motifs is 1. The van der Waals surface area contributed by atoms with E-state index in [9.17, 15) is 9.90 Å². The molecule has 102 valence electrons. The van der Waals surface area contributed by atoms with Crippen LogP contribution in [0, 0.1) is 0 Å². The highest BCUT2D eigenvalue weighted by atomic mass is 16.4. The van der Waals surface area contributed by atoms with Crippen LogP contribution in [0.3, 0.4) is 0 Å². The first-order chi connectivity index (χ1) is 9.22. The molecule has 0 saturated carbocycles. The van der Waals surface area contributed by atoms with Gasteiger partial charge in [-0.3, -0.25) is 0 Å². The van der Waals surface area contributed by atoms with Crippen molar-refractivity contribution in [2.45, 2.75) is 39.0 Å². The van der Waals surface area contributed by atoms with Gasteiger partial charge in [-0.1, -0.05) is 12.2 Å². The molecule has 0 radical (unpaired) electrons. The lowest BCUT2D eigenvalue weighted by Crippen LogP contribution is -2.14. The largest absolute Gasteiger partial charge is 0.478 e. The van der Waals surface area contributed by atoms with E-state index < -0.39 is 5.97 Å². The Morgan fingerprint density at radius 2 is 2.26 bits per heavy atom. The molecule has 1 aliphatic carbocycles. The normalized spacial score (nSPS) is 14.4. The fourth-order valence-corrected chi connectivity index (χ4v) is 2.37. The Kier molecular flexibility index (Phi) is 4.55. The minimum Gasteiger partial charge on any atom is -0.478 e. The standard InChI is InChI=1S/C15H20N2O2/c1-2-3-6-9-16-14-12(15(18)19)10-11-7-4-5-8-13(11)17-14/h2-3,10H,4-9H2,1H3,(H,16,17)(H,18,19)/b3-2+. The van der Waals surface area contributed by atoms with E-state index in [0.29, 0.717) is 17.9 Å². The van der Waals surface area contributed by atoms with Gasteiger partial charge in [0.1, 0.15) is 11.4 Å². The van der Waals surface area contributed by atoms with Crippen LogP contribution in [0.15, 0.2) is 18.2 Å². The number of nitrogens with zero attached hydrogens (tertiary/aromatic N) is 1. The molecule has 1 aromatic rings. The Morgan fingerprint density at radius 1 is 1.47 bits per heavy atom. The van der Waals surface area contributed by atoms with Gasteiger partial charge in [0.2, 0.25) is 0 Å². The quantitative estimate of drug-likeness (QED) is 0.631. The summed E-state index contributed by atoms with van der Waals surface area (Å²) in [5.74, 6) is -0.396. The van der Waals surface area contributed by atoms with Crippen LogP contribution < -0.4 is 5.32 Å². The number of allylic oxidation sites excluding steroid dienone is 1. The van der Waals surface area contributed by atoms with Gasteiger partial charge in [-0.15, -0.1) is 0 Å². The number of pyridine rings is 1. The summed E-state index contributed by atoms with van der Waals surface area (Å²) in [6.45, 7) is 2.68. The van der Waals surface area contributed by atoms with Gasteiger partial charge < -0.3 is 10.4 Å². The second-order valence-electron chi connectivity index (χ2n) is 4.79. The highest BCUT2D eigenvalue weighted by molar-refractivity contribution is 5.93. The summed E-state index contributed by atoms with van der Waals surface area (Å²) >= 11 is 0. The number of aryl methyl sites for hydroxylation is 2. The molecule has 0 saturated heterocycles. The molecule has 0 fully saturated rings. The number of nitrogens with one attached hydrogen (secondary N) is 1. The predicted octanol–water partition coefficient (Wildman–Crippen LogP) is 3.04. The Balaban J connectivity index is 2.21. The molecule has 0 atom stereocenters. The number of carbonyl (C=O) groups is 1. The third-order valence-corrected chi connectivity index (χ3v) is 3.37. The van der Waals surface area contributed by atoms with Crippen molar-refractivity contribution in [3.05, 3.63) is 35.0 Å². The fraction of sp³-hybridized carbons (Fsp3) is 0.467. The average molecular weight is 260 g/mol. The molecule has 0 spiro atoms. The average Bonchev–Trinajstić information content (AvgIpc) is 2.42. The molecule has 1 aromatic heterocycles. The van der Waals surface area contributed by atoms with Crippen molar-refractivity contribution in [2.24, 2.45) is 0 Å². The topological polar surface area (TPSA) is 62.2 Å². The van der Waals surface area contributed by atoms with Crippen LogP contribution in [0.5, 0.6) is 0 Å². The van der Waals surface area contributed by atoms with Gasteiger partial charge in [-0.05, 0) is 50.7 Å². The lowest BCUT2D eigenvalue weighted by atomic mass is 9.94. The highest BCUT2D eigenvalue weighted by Crippen LogP contribution is 2.24. The van der Waals surface area contributed by atoms with Gasteiger partial charge in [0, 0.05) is 12.2 Å². The second-order valence-corrected chi connectivity index (χ2v) is 4.79. The molecule has 1 aliphatic rings. The van der Waals surface area contributed by atoms with Gasteiger partial charge in [-0.25, -0.2) is 9.78 Å². The van der Waals surface area contributed by atoms with Gasteiger partial charge >= 0.3 is 5.97 Å². The molecule has 0 amide bonds. The van der Waals surface area contributed by atoms with E-state index in [0.717, 1.165) is 43.4 Å². The predicted molar refractivity (Wildman–Crippen MR) is 75.8 cm³/mol. The second kappa shape index (κ2) is 6.36. The number of hydrogen-bond acceptors (Lipinski definition) is 3. The van der Waals surface area contributed by atoms with E-state index >= 15 is 0 Å². The number of carboxylic acids is 1. The Hall–Kier alpha value is -1.84. The third-order valence-electron chi connectivity index (χ3n) is 3.37. The number of carboxylic acid groups (broad SMARTS) is 1. The molecule has 2 N–H and O–H groups in total. The van der Waals surface area contributed by atoms with Crippen molar-refractivity contribution in [3.63, 3.8) is 0 Å². The number of aromatic nitrogens is 1. The number of aromatic carboxylic acids is 1. The Labute approximate surface area is 113 Å². The summed E-state index contributed by atoms with van der Waals surface area (Å²) in [5, 5.41) is 12.4. The van der Waals surface area contributed by atoms with Gasteiger partial charge in [0.25, 0.3) is 0 Å². The van der Waals surface area contributed by atoms with E-state index in [2.05, 4.69) is 10.3 Å². The van der Waals surface area contributed by atoms with Crippen molar-refractivity contribution in [2.75, 3.05) is 11.9 Å². The van der Waals surface area contributed by atoms with Gasteiger partial charge in [-0.2, -0.15) is 0 Å². The number of hydrogen-bond donors (Lipinski definition) is 2. The SMILES string of the molecule is C/C=C/CCNc1nc2c(cc1C(=O)O)CCCC2. The summed E-state index contributed by atoms with van der Waals surface area (Å²) in [7, 11) is 0. The van der Waals surface area contributed by atoms with E-state index in [4.69, 9.17) is 0 Å². The maximum atomic E-state index is 11.3. The first-order valence-corrected chi connectivity index (χ1v) is 6.83. The zero-order valence-corrected chi connectivity index (χ0v) is 11.3. The van der Waals surface area contributed by atoms with Crippen LogP contribution in [-0.4, -0.2) is 22.6 Å². The third kappa shape index (κ3) is 3.34. The summed E-state index contributed by atoms with van der Waals surface area (Å²) in [4.78, 5) is 15.8. The molecular weight excluding hydrogens is 240 g/mol. The van der Waals surface area contributed by atoms with Crippen molar-refractivity contribution < 1.29 is 9.90 Å². The zero-order valence-electron chi connectivity index (χ0n) is 11.3. The maximum absolute atomic E-state index is 11.3. The van der Waals surface area contributed by atoms with Crippen molar-refractivity contribution in [3.8, 4) is 0 Å². The molecule has 2 rings (SSSR count). The lowest BCUT2D eigenvalue weighted by molar-refractivity contribution is 0.0697. The first-order valence-electron chi connectivity index (χ1n) is 6.83. The fourth-order valence-electron chi connectivity index (χ4n) is 2.37. The molecule has 0 unspecified atom stereocenters. The first kappa shape index (κ1) is 13.6. The zero-order chi connectivity index (χ0) is 13.7. The summed E-state index contributed by atoms with van der Waals surface area (Å²) in [6, 6.07) is 1.79. The Bertz CT molecular complexity index is 495. The summed E-state index contributed by atoms with van der Waals surface area (Å²) in [5.41, 5.74) is 2.45. The van der Waals surface area contributed by atoms with Crippen LogP contribution >= 0.6 is 0 Å². The monoisotopic (exact) mass is 260 g/mol. The molecule has 0 aliphatic heterocycles. The molecule has 4 heteroatoms. The lowest BCUT2D eigenvalue weighted by Gasteiger charge is -2.18. The van der Waals surface area contributed by atoms with Crippen molar-refractivity contribution >= 4 is 11.8 Å². The highest BCUT2D eigenvalue weighted by Gasteiger charge is 2.18. The van der Waals surface area contributed by atoms with E-state index in [1.165, 1.54) is 0 Å². The van der Waals surface area contributed by atoms with Crippen molar-refractivity contribution in [1.82, 2.24) is 4.98 Å². The van der Waals surface area contributed by atoms with Gasteiger partial charge in [0.05, 0.1) is 0 Å². The minimum absolute atomic E-state index is 0.293. The maximum Gasteiger partial charge on any atom is 0.339 e. The Morgan fingerprint density at radius 3 is 3.00 bits per heavy atom. The molecule has 0 aromatic carbocycles. The summed E-state index contributed by atoms with van der Waals surface area (Å²) in [6.07, 6.45) is 9.08. The number of rotatable bonds is 5. The number of anilines is 1. The van der Waals surface area contributed by atoms with Crippen LogP contribution in [-0.2, 0) is 12.8 Å². The molecule has 1 heterocycles. The van der Waals surface area contributed by atoms with Crippen LogP contribution in [0.2, 0.25) is 0 Å². The van der Waals surface area contributed by atoms with Crippen molar-refractivity contribution in [1.29, 1.82) is 0 Å². The molecular formula is C15H20N2O2. The van der Waals surface area contributed by atoms with Crippen LogP contribution in [0.4, 0.5) is 5.82 Å². The molecule has 19 heavy (non-hydrogen) atoms. The van der Waals surface area contributed by atoms with E-state index in [1.807, 2.05) is 19.1 Å². The van der Waals surface area contributed by atoms with Crippen LogP contribution in [0.25, 0.3) is 0 Å².